The predicted molar refractivity (Wildman–Crippen MR) is 63.2 cm³/mol. The molecule has 0 spiro atoms. The van der Waals surface area contributed by atoms with Crippen molar-refractivity contribution in [1.29, 1.82) is 0 Å². The van der Waals surface area contributed by atoms with Crippen LogP contribution in [0, 0.1) is 6.92 Å². The summed E-state index contributed by atoms with van der Waals surface area (Å²) in [6.07, 6.45) is 1.45. The Balaban J connectivity index is 1.79. The fraction of sp³-hybridized carbons (Fsp3) is 0.500. The lowest BCUT2D eigenvalue weighted by molar-refractivity contribution is 0.558. The van der Waals surface area contributed by atoms with E-state index in [0.29, 0.717) is 0 Å². The number of hydrogen-bond donors (Lipinski definition) is 0. The summed E-state index contributed by atoms with van der Waals surface area (Å²) < 4.78 is 0. The SMILES string of the molecule is Cc1ccc(N2CC3CC(C2)S3)cc1. The highest BCUT2D eigenvalue weighted by atomic mass is 32.2. The Morgan fingerprint density at radius 3 is 2.29 bits per heavy atom. The largest absolute Gasteiger partial charge is 0.369 e. The quantitative estimate of drug-likeness (QED) is 0.693. The van der Waals surface area contributed by atoms with Crippen LogP contribution in [0.1, 0.15) is 12.0 Å². The van der Waals surface area contributed by atoms with Crippen molar-refractivity contribution in [3.05, 3.63) is 29.8 Å². The van der Waals surface area contributed by atoms with Crippen molar-refractivity contribution in [3.8, 4) is 0 Å². The van der Waals surface area contributed by atoms with E-state index >= 15 is 0 Å². The van der Waals surface area contributed by atoms with Gasteiger partial charge < -0.3 is 4.90 Å². The van der Waals surface area contributed by atoms with Gasteiger partial charge in [-0.05, 0) is 25.5 Å². The highest BCUT2D eigenvalue weighted by Crippen LogP contribution is 2.42. The van der Waals surface area contributed by atoms with Crippen molar-refractivity contribution < 1.29 is 0 Å². The van der Waals surface area contributed by atoms with E-state index in [-0.39, 0.29) is 0 Å². The van der Waals surface area contributed by atoms with Crippen LogP contribution in [0.3, 0.4) is 0 Å². The topological polar surface area (TPSA) is 3.24 Å². The minimum atomic E-state index is 0.912. The second kappa shape index (κ2) is 3.20. The summed E-state index contributed by atoms with van der Waals surface area (Å²) in [6, 6.07) is 8.93. The van der Waals surface area contributed by atoms with Crippen LogP contribution < -0.4 is 4.90 Å². The standard InChI is InChI=1S/C12H15NS/c1-9-2-4-10(5-3-9)13-7-11-6-12(8-13)14-11/h2-5,11-12H,6-8H2,1H3. The molecule has 2 heteroatoms. The van der Waals surface area contributed by atoms with E-state index in [2.05, 4.69) is 47.9 Å². The third-order valence-corrected chi connectivity index (χ3v) is 4.61. The molecular weight excluding hydrogens is 190 g/mol. The Labute approximate surface area is 89.5 Å². The molecule has 3 aliphatic rings. The molecule has 4 rings (SSSR count). The van der Waals surface area contributed by atoms with Crippen molar-refractivity contribution in [1.82, 2.24) is 0 Å². The van der Waals surface area contributed by atoms with E-state index in [4.69, 9.17) is 0 Å². The van der Waals surface area contributed by atoms with Gasteiger partial charge in [-0.25, -0.2) is 0 Å². The summed E-state index contributed by atoms with van der Waals surface area (Å²) in [7, 11) is 0. The van der Waals surface area contributed by atoms with Gasteiger partial charge in [0.1, 0.15) is 0 Å². The molecule has 0 aliphatic carbocycles. The first-order valence-electron chi connectivity index (χ1n) is 5.28. The average Bonchev–Trinajstić information content (AvgIpc) is 2.18. The fourth-order valence-electron chi connectivity index (χ4n) is 2.32. The molecule has 2 atom stereocenters. The zero-order valence-corrected chi connectivity index (χ0v) is 9.26. The number of thioether (sulfide) groups is 1. The van der Waals surface area contributed by atoms with Gasteiger partial charge in [-0.1, -0.05) is 17.7 Å². The van der Waals surface area contributed by atoms with Crippen molar-refractivity contribution in [2.45, 2.75) is 23.8 Å². The van der Waals surface area contributed by atoms with Gasteiger partial charge in [0.15, 0.2) is 0 Å². The van der Waals surface area contributed by atoms with Gasteiger partial charge in [0.25, 0.3) is 0 Å². The molecule has 2 unspecified atom stereocenters. The number of benzene rings is 1. The van der Waals surface area contributed by atoms with E-state index in [0.717, 1.165) is 10.5 Å². The normalized spacial score (nSPS) is 29.9. The molecule has 0 radical (unpaired) electrons. The first kappa shape index (κ1) is 8.66. The van der Waals surface area contributed by atoms with Crippen LogP contribution in [0.4, 0.5) is 5.69 Å². The summed E-state index contributed by atoms with van der Waals surface area (Å²) in [4.78, 5) is 2.54. The maximum absolute atomic E-state index is 2.54. The van der Waals surface area contributed by atoms with Crippen LogP contribution in [0.5, 0.6) is 0 Å². The second-order valence-corrected chi connectivity index (χ2v) is 5.96. The summed E-state index contributed by atoms with van der Waals surface area (Å²) in [6.45, 7) is 4.65. The predicted octanol–water partition coefficient (Wildman–Crippen LogP) is 2.69. The Hall–Kier alpha value is -0.630. The summed E-state index contributed by atoms with van der Waals surface area (Å²) >= 11 is 2.18. The van der Waals surface area contributed by atoms with Crippen molar-refractivity contribution in [3.63, 3.8) is 0 Å². The molecule has 3 heterocycles. The molecule has 14 heavy (non-hydrogen) atoms. The first-order valence-corrected chi connectivity index (χ1v) is 6.22. The van der Waals surface area contributed by atoms with E-state index in [9.17, 15) is 0 Å². The third-order valence-electron chi connectivity index (χ3n) is 3.16. The Bertz CT molecular complexity index is 317. The molecule has 3 fully saturated rings. The van der Waals surface area contributed by atoms with Crippen molar-refractivity contribution in [2.24, 2.45) is 0 Å². The van der Waals surface area contributed by atoms with E-state index < -0.39 is 0 Å². The number of aryl methyl sites for hydroxylation is 1. The van der Waals surface area contributed by atoms with Gasteiger partial charge >= 0.3 is 0 Å². The Morgan fingerprint density at radius 1 is 1.14 bits per heavy atom. The molecule has 3 saturated heterocycles. The molecule has 0 aromatic heterocycles. The maximum atomic E-state index is 2.54. The van der Waals surface area contributed by atoms with Crippen LogP contribution in [-0.4, -0.2) is 23.6 Å². The summed E-state index contributed by atoms with van der Waals surface area (Å²) in [5, 5.41) is 1.82. The number of rotatable bonds is 1. The van der Waals surface area contributed by atoms with Crippen molar-refractivity contribution >= 4 is 17.4 Å². The zero-order chi connectivity index (χ0) is 9.54. The highest BCUT2D eigenvalue weighted by Gasteiger charge is 2.37. The second-order valence-electron chi connectivity index (χ2n) is 4.36. The molecule has 1 nitrogen and oxygen atoms in total. The van der Waals surface area contributed by atoms with E-state index in [1.165, 1.54) is 30.8 Å². The Kier molecular flexibility index (Phi) is 1.98. The van der Waals surface area contributed by atoms with E-state index in [1.807, 2.05) is 0 Å². The molecule has 3 aliphatic heterocycles. The zero-order valence-electron chi connectivity index (χ0n) is 8.44. The van der Waals surface area contributed by atoms with Crippen LogP contribution in [-0.2, 0) is 0 Å². The van der Waals surface area contributed by atoms with Crippen LogP contribution >= 0.6 is 11.8 Å². The molecule has 74 valence electrons. The number of anilines is 1. The Morgan fingerprint density at radius 2 is 1.71 bits per heavy atom. The van der Waals surface area contributed by atoms with E-state index in [1.54, 1.807) is 0 Å². The minimum absolute atomic E-state index is 0.912. The van der Waals surface area contributed by atoms with Gasteiger partial charge in [0, 0.05) is 29.3 Å². The molecule has 1 aromatic rings. The first-order chi connectivity index (χ1) is 6.81. The minimum Gasteiger partial charge on any atom is -0.369 e. The van der Waals surface area contributed by atoms with Gasteiger partial charge in [0.2, 0.25) is 0 Å². The van der Waals surface area contributed by atoms with Crippen LogP contribution in [0.2, 0.25) is 0 Å². The van der Waals surface area contributed by atoms with Crippen LogP contribution in [0.15, 0.2) is 24.3 Å². The molecule has 0 saturated carbocycles. The maximum Gasteiger partial charge on any atom is 0.0367 e. The lowest BCUT2D eigenvalue weighted by Gasteiger charge is -2.47. The lowest BCUT2D eigenvalue weighted by Crippen LogP contribution is -2.51. The number of piperidine rings is 1. The number of hydrogen-bond acceptors (Lipinski definition) is 2. The molecule has 0 amide bonds. The molecule has 1 aromatic carbocycles. The number of fused-ring (bicyclic) bond motifs is 2. The summed E-state index contributed by atoms with van der Waals surface area (Å²) in [5.41, 5.74) is 2.76. The average molecular weight is 205 g/mol. The monoisotopic (exact) mass is 205 g/mol. The molecule has 2 bridgehead atoms. The van der Waals surface area contributed by atoms with Crippen molar-refractivity contribution in [2.75, 3.05) is 18.0 Å². The molecule has 0 N–H and O–H groups in total. The smallest absolute Gasteiger partial charge is 0.0367 e. The third kappa shape index (κ3) is 1.42. The van der Waals surface area contributed by atoms with Crippen LogP contribution in [0.25, 0.3) is 0 Å². The lowest BCUT2D eigenvalue weighted by atomic mass is 10.1. The summed E-state index contributed by atoms with van der Waals surface area (Å²) in [5.74, 6) is 0. The number of nitrogens with zero attached hydrogens (tertiary/aromatic N) is 1. The van der Waals surface area contributed by atoms with Gasteiger partial charge in [-0.2, -0.15) is 11.8 Å². The van der Waals surface area contributed by atoms with Gasteiger partial charge in [-0.15, -0.1) is 0 Å². The van der Waals surface area contributed by atoms with Gasteiger partial charge in [-0.3, -0.25) is 0 Å². The molecular formula is C12H15NS. The van der Waals surface area contributed by atoms with Gasteiger partial charge in [0.05, 0.1) is 0 Å². The highest BCUT2D eigenvalue weighted by molar-refractivity contribution is 8.02. The fourth-order valence-corrected chi connectivity index (χ4v) is 3.73.